The fraction of sp³-hybridized carbons (Fsp3) is 0.182. The van der Waals surface area contributed by atoms with Crippen LogP contribution < -0.4 is 5.32 Å². The van der Waals surface area contributed by atoms with Gasteiger partial charge in [-0.3, -0.25) is 0 Å². The van der Waals surface area contributed by atoms with Crippen molar-refractivity contribution in [3.05, 3.63) is 44.8 Å². The lowest BCUT2D eigenvalue weighted by molar-refractivity contribution is 0.881. The summed E-state index contributed by atoms with van der Waals surface area (Å²) >= 11 is 10.8. The van der Waals surface area contributed by atoms with E-state index >= 15 is 0 Å². The van der Waals surface area contributed by atoms with Gasteiger partial charge in [0.15, 0.2) is 5.13 Å². The summed E-state index contributed by atoms with van der Waals surface area (Å²) in [5, 5.41) is 6.96. The predicted octanol–water partition coefficient (Wildman–Crippen LogP) is 4.73. The summed E-state index contributed by atoms with van der Waals surface area (Å²) in [6.45, 7) is 2.10. The molecule has 0 saturated carbocycles. The largest absolute Gasteiger partial charge is 0.355 e. The zero-order chi connectivity index (χ0) is 11.5. The first kappa shape index (κ1) is 11.9. The van der Waals surface area contributed by atoms with Gasteiger partial charge in [-0.2, -0.15) is 0 Å². The molecule has 16 heavy (non-hydrogen) atoms. The maximum Gasteiger partial charge on any atom is 0.184 e. The second kappa shape index (κ2) is 5.17. The molecule has 1 aromatic carbocycles. The van der Waals surface area contributed by atoms with Crippen LogP contribution in [0.3, 0.4) is 0 Å². The molecular formula is C11H10BrClN2S. The normalized spacial score (nSPS) is 12.4. The topological polar surface area (TPSA) is 24.9 Å². The molecule has 0 fully saturated rings. The number of nitrogens with one attached hydrogen (secondary N) is 1. The first-order chi connectivity index (χ1) is 7.65. The zero-order valence-electron chi connectivity index (χ0n) is 8.58. The van der Waals surface area contributed by atoms with Gasteiger partial charge in [-0.25, -0.2) is 4.98 Å². The highest BCUT2D eigenvalue weighted by Crippen LogP contribution is 2.25. The number of halogens is 2. The highest BCUT2D eigenvalue weighted by atomic mass is 79.9. The van der Waals surface area contributed by atoms with Crippen molar-refractivity contribution in [3.63, 3.8) is 0 Å². The molecule has 0 amide bonds. The van der Waals surface area contributed by atoms with E-state index in [1.807, 2.05) is 29.6 Å². The van der Waals surface area contributed by atoms with E-state index < -0.39 is 0 Å². The van der Waals surface area contributed by atoms with E-state index in [1.54, 1.807) is 11.3 Å². The maximum atomic E-state index is 5.84. The first-order valence-corrected chi connectivity index (χ1v) is 6.83. The molecule has 0 aliphatic carbocycles. The van der Waals surface area contributed by atoms with Crippen molar-refractivity contribution >= 4 is 44.0 Å². The molecule has 1 heterocycles. The van der Waals surface area contributed by atoms with Crippen LogP contribution in [-0.2, 0) is 0 Å². The molecule has 0 aliphatic rings. The lowest BCUT2D eigenvalue weighted by Crippen LogP contribution is -2.05. The van der Waals surface area contributed by atoms with Gasteiger partial charge >= 0.3 is 0 Å². The van der Waals surface area contributed by atoms with Gasteiger partial charge in [0.25, 0.3) is 0 Å². The third-order valence-corrected chi connectivity index (χ3v) is 3.92. The van der Waals surface area contributed by atoms with Crippen LogP contribution in [0.15, 0.2) is 34.2 Å². The summed E-state index contributed by atoms with van der Waals surface area (Å²) in [6, 6.07) is 8.04. The molecule has 2 aromatic rings. The quantitative estimate of drug-likeness (QED) is 0.885. The summed E-state index contributed by atoms with van der Waals surface area (Å²) in [4.78, 5) is 4.29. The molecular weight excluding hydrogens is 308 g/mol. The van der Waals surface area contributed by atoms with E-state index in [2.05, 4.69) is 33.2 Å². The van der Waals surface area contributed by atoms with Crippen molar-refractivity contribution in [3.8, 4) is 0 Å². The molecule has 1 unspecified atom stereocenters. The van der Waals surface area contributed by atoms with Crippen LogP contribution in [0, 0.1) is 0 Å². The third-order valence-electron chi connectivity index (χ3n) is 2.19. The van der Waals surface area contributed by atoms with Gasteiger partial charge in [-0.1, -0.05) is 23.7 Å². The molecule has 2 nitrogen and oxygen atoms in total. The highest BCUT2D eigenvalue weighted by Gasteiger charge is 2.07. The lowest BCUT2D eigenvalue weighted by atomic mass is 10.1. The van der Waals surface area contributed by atoms with Crippen molar-refractivity contribution in [2.24, 2.45) is 0 Å². The van der Waals surface area contributed by atoms with Gasteiger partial charge in [0, 0.05) is 10.4 Å². The van der Waals surface area contributed by atoms with Crippen molar-refractivity contribution < 1.29 is 0 Å². The maximum absolute atomic E-state index is 5.84. The Labute approximate surface area is 112 Å². The molecule has 0 radical (unpaired) electrons. The van der Waals surface area contributed by atoms with Crippen molar-refractivity contribution in [2.45, 2.75) is 13.0 Å². The molecule has 1 aromatic heterocycles. The van der Waals surface area contributed by atoms with Gasteiger partial charge in [0.05, 0.1) is 6.04 Å². The second-order valence-electron chi connectivity index (χ2n) is 3.39. The Kier molecular flexibility index (Phi) is 3.84. The van der Waals surface area contributed by atoms with Gasteiger partial charge in [-0.15, -0.1) is 11.3 Å². The Morgan fingerprint density at radius 2 is 2.06 bits per heavy atom. The van der Waals surface area contributed by atoms with E-state index in [0.717, 1.165) is 14.8 Å². The van der Waals surface area contributed by atoms with Crippen molar-refractivity contribution in [2.75, 3.05) is 5.32 Å². The molecule has 84 valence electrons. The van der Waals surface area contributed by atoms with Crippen LogP contribution in [0.25, 0.3) is 0 Å². The van der Waals surface area contributed by atoms with E-state index in [-0.39, 0.29) is 6.04 Å². The molecule has 1 atom stereocenters. The summed E-state index contributed by atoms with van der Waals surface area (Å²) in [7, 11) is 0. The van der Waals surface area contributed by atoms with Crippen LogP contribution in [0.4, 0.5) is 5.13 Å². The molecule has 1 N–H and O–H groups in total. The Balaban J connectivity index is 2.08. The number of thiazole rings is 1. The fourth-order valence-electron chi connectivity index (χ4n) is 1.34. The van der Waals surface area contributed by atoms with Crippen LogP contribution in [0.1, 0.15) is 18.5 Å². The van der Waals surface area contributed by atoms with E-state index in [1.165, 1.54) is 5.56 Å². The van der Waals surface area contributed by atoms with Gasteiger partial charge in [0.1, 0.15) is 4.60 Å². The number of benzene rings is 1. The van der Waals surface area contributed by atoms with E-state index in [4.69, 9.17) is 11.6 Å². The average molecular weight is 318 g/mol. The average Bonchev–Trinajstić information content (AvgIpc) is 2.65. The molecule has 0 aliphatic heterocycles. The van der Waals surface area contributed by atoms with Crippen LogP contribution >= 0.6 is 38.9 Å². The Hall–Kier alpha value is -0.580. The minimum atomic E-state index is 0.218. The second-order valence-corrected chi connectivity index (χ2v) is 5.50. The van der Waals surface area contributed by atoms with Crippen LogP contribution in [-0.4, -0.2) is 4.98 Å². The number of nitrogens with zero attached hydrogens (tertiary/aromatic N) is 1. The number of anilines is 1. The number of hydrogen-bond donors (Lipinski definition) is 1. The molecule has 0 saturated heterocycles. The Morgan fingerprint density at radius 3 is 2.62 bits per heavy atom. The number of rotatable bonds is 3. The highest BCUT2D eigenvalue weighted by molar-refractivity contribution is 9.10. The van der Waals surface area contributed by atoms with E-state index in [9.17, 15) is 0 Å². The standard InChI is InChI=1S/C11H10BrClN2S/c1-7(8-2-4-9(13)5-3-8)14-11-15-10(12)6-16-11/h2-7H,1H3,(H,14,15). The lowest BCUT2D eigenvalue weighted by Gasteiger charge is -2.13. The molecule has 0 spiro atoms. The summed E-state index contributed by atoms with van der Waals surface area (Å²) < 4.78 is 0.864. The Morgan fingerprint density at radius 1 is 1.38 bits per heavy atom. The zero-order valence-corrected chi connectivity index (χ0v) is 11.7. The molecule has 2 rings (SSSR count). The van der Waals surface area contributed by atoms with Gasteiger partial charge < -0.3 is 5.32 Å². The fourth-order valence-corrected chi connectivity index (χ4v) is 2.70. The third kappa shape index (κ3) is 2.97. The van der Waals surface area contributed by atoms with Gasteiger partial charge in [0.2, 0.25) is 0 Å². The van der Waals surface area contributed by atoms with Crippen LogP contribution in [0.5, 0.6) is 0 Å². The number of aromatic nitrogens is 1. The van der Waals surface area contributed by atoms with Crippen LogP contribution in [0.2, 0.25) is 5.02 Å². The summed E-state index contributed by atoms with van der Waals surface area (Å²) in [5.74, 6) is 0. The monoisotopic (exact) mass is 316 g/mol. The summed E-state index contributed by atoms with van der Waals surface area (Å²) in [6.07, 6.45) is 0. The smallest absolute Gasteiger partial charge is 0.184 e. The number of hydrogen-bond acceptors (Lipinski definition) is 3. The van der Waals surface area contributed by atoms with Crippen molar-refractivity contribution in [1.82, 2.24) is 4.98 Å². The van der Waals surface area contributed by atoms with Gasteiger partial charge in [-0.05, 0) is 40.5 Å². The Bertz CT molecular complexity index is 469. The minimum absolute atomic E-state index is 0.218. The SMILES string of the molecule is CC(Nc1nc(Br)cs1)c1ccc(Cl)cc1. The minimum Gasteiger partial charge on any atom is -0.355 e. The first-order valence-electron chi connectivity index (χ1n) is 4.78. The molecule has 5 heteroatoms. The van der Waals surface area contributed by atoms with Crippen molar-refractivity contribution in [1.29, 1.82) is 0 Å². The predicted molar refractivity (Wildman–Crippen MR) is 73.3 cm³/mol. The molecule has 0 bridgehead atoms. The van der Waals surface area contributed by atoms with E-state index in [0.29, 0.717) is 0 Å². The summed E-state index contributed by atoms with van der Waals surface area (Å²) in [5.41, 5.74) is 1.19.